The lowest BCUT2D eigenvalue weighted by molar-refractivity contribution is -0.128. The Morgan fingerprint density at radius 2 is 1.71 bits per heavy atom. The van der Waals surface area contributed by atoms with Gasteiger partial charge in [-0.3, -0.25) is 14.3 Å². The molecule has 1 amide bonds. The number of amides is 1. The van der Waals surface area contributed by atoms with Crippen molar-refractivity contribution in [2.75, 3.05) is 4.72 Å². The van der Waals surface area contributed by atoms with Crippen LogP contribution >= 0.6 is 0 Å². The van der Waals surface area contributed by atoms with E-state index in [9.17, 15) is 18.0 Å². The van der Waals surface area contributed by atoms with Gasteiger partial charge in [0.05, 0.1) is 4.90 Å². The number of ketones is 1. The summed E-state index contributed by atoms with van der Waals surface area (Å²) in [5, 5.41) is 3.02. The van der Waals surface area contributed by atoms with Gasteiger partial charge < -0.3 is 10.1 Å². The Bertz CT molecular complexity index is 1030. The third kappa shape index (κ3) is 6.30. The minimum absolute atomic E-state index is 0.0485. The van der Waals surface area contributed by atoms with Gasteiger partial charge in [0.25, 0.3) is 15.9 Å². The second-order valence-corrected chi connectivity index (χ2v) is 9.50. The fraction of sp³-hybridized carbons (Fsp3) is 0.391. The predicted octanol–water partition coefficient (Wildman–Crippen LogP) is 3.91. The van der Waals surface area contributed by atoms with Crippen LogP contribution in [0.4, 0.5) is 5.69 Å². The summed E-state index contributed by atoms with van der Waals surface area (Å²) >= 11 is 0. The molecule has 0 saturated heterocycles. The summed E-state index contributed by atoms with van der Waals surface area (Å²) in [6.45, 7) is 3.09. The van der Waals surface area contributed by atoms with E-state index < -0.39 is 16.1 Å². The van der Waals surface area contributed by atoms with Crippen LogP contribution in [0, 0.1) is 0 Å². The number of ether oxygens (including phenoxy) is 1. The zero-order valence-corrected chi connectivity index (χ0v) is 18.6. The second kappa shape index (κ2) is 9.96. The first-order valence-electron chi connectivity index (χ1n) is 10.5. The van der Waals surface area contributed by atoms with Gasteiger partial charge in [0.15, 0.2) is 11.9 Å². The van der Waals surface area contributed by atoms with Crippen molar-refractivity contribution in [2.45, 2.75) is 63.0 Å². The van der Waals surface area contributed by atoms with Crippen LogP contribution in [0.5, 0.6) is 5.75 Å². The number of carbonyl (C=O) groups excluding carboxylic acids is 2. The van der Waals surface area contributed by atoms with Gasteiger partial charge in [0.2, 0.25) is 0 Å². The smallest absolute Gasteiger partial charge is 0.261 e. The van der Waals surface area contributed by atoms with Gasteiger partial charge in [-0.05, 0) is 63.1 Å². The number of sulfonamides is 1. The number of rotatable bonds is 8. The highest BCUT2D eigenvalue weighted by Crippen LogP contribution is 2.21. The summed E-state index contributed by atoms with van der Waals surface area (Å²) in [6, 6.07) is 12.4. The van der Waals surface area contributed by atoms with Crippen LogP contribution in [0.25, 0.3) is 0 Å². The topological polar surface area (TPSA) is 102 Å². The van der Waals surface area contributed by atoms with Crippen molar-refractivity contribution in [1.82, 2.24) is 5.32 Å². The number of hydrogen-bond donors (Lipinski definition) is 2. The fourth-order valence-corrected chi connectivity index (χ4v) is 4.59. The Kier molecular flexibility index (Phi) is 7.33. The molecule has 1 aliphatic carbocycles. The molecule has 2 aromatic rings. The van der Waals surface area contributed by atoms with Gasteiger partial charge in [-0.15, -0.1) is 0 Å². The zero-order chi connectivity index (χ0) is 22.4. The Labute approximate surface area is 183 Å². The van der Waals surface area contributed by atoms with Gasteiger partial charge in [0.1, 0.15) is 5.75 Å². The van der Waals surface area contributed by atoms with Gasteiger partial charge in [-0.1, -0.05) is 31.4 Å². The summed E-state index contributed by atoms with van der Waals surface area (Å²) in [5.74, 6) is 0.0867. The van der Waals surface area contributed by atoms with Crippen molar-refractivity contribution in [3.63, 3.8) is 0 Å². The van der Waals surface area contributed by atoms with Gasteiger partial charge in [-0.2, -0.15) is 0 Å². The van der Waals surface area contributed by atoms with Crippen LogP contribution in [0.3, 0.4) is 0 Å². The zero-order valence-electron chi connectivity index (χ0n) is 17.8. The molecule has 0 aliphatic heterocycles. The van der Waals surface area contributed by atoms with E-state index in [2.05, 4.69) is 10.0 Å². The predicted molar refractivity (Wildman–Crippen MR) is 119 cm³/mol. The standard InChI is InChI=1S/C23H28N2O5S/c1-16(26)18-7-6-10-20(15-18)25-31(28,29)22-13-11-21(12-14-22)30-17(2)23(27)24-19-8-4-3-5-9-19/h6-7,10-15,17,19,25H,3-5,8-9H2,1-2H3,(H,24,27)/t17-/m0/s1. The highest BCUT2D eigenvalue weighted by atomic mass is 32.2. The molecule has 3 rings (SSSR count). The van der Waals surface area contributed by atoms with E-state index >= 15 is 0 Å². The molecule has 8 heteroatoms. The van der Waals surface area contributed by atoms with Crippen LogP contribution in [-0.4, -0.2) is 32.3 Å². The molecule has 0 bridgehead atoms. The molecular formula is C23H28N2O5S. The van der Waals surface area contributed by atoms with E-state index in [0.29, 0.717) is 17.0 Å². The minimum Gasteiger partial charge on any atom is -0.481 e. The number of benzene rings is 2. The first-order chi connectivity index (χ1) is 14.7. The monoisotopic (exact) mass is 444 g/mol. The fourth-order valence-electron chi connectivity index (χ4n) is 3.54. The van der Waals surface area contributed by atoms with E-state index in [1.165, 1.54) is 43.7 Å². The Balaban J connectivity index is 1.61. The Hall–Kier alpha value is -2.87. The number of carbonyl (C=O) groups is 2. The lowest BCUT2D eigenvalue weighted by Gasteiger charge is -2.24. The third-order valence-corrected chi connectivity index (χ3v) is 6.69. The Morgan fingerprint density at radius 3 is 2.35 bits per heavy atom. The molecule has 2 N–H and O–H groups in total. The molecular weight excluding hydrogens is 416 g/mol. The normalized spacial score (nSPS) is 15.7. The highest BCUT2D eigenvalue weighted by Gasteiger charge is 2.21. The molecule has 1 atom stereocenters. The summed E-state index contributed by atoms with van der Waals surface area (Å²) in [4.78, 5) is 23.9. The van der Waals surface area contributed by atoms with Crippen molar-refractivity contribution in [2.24, 2.45) is 0 Å². The third-order valence-electron chi connectivity index (χ3n) is 5.29. The summed E-state index contributed by atoms with van der Waals surface area (Å²) in [6.07, 6.45) is 4.77. The summed E-state index contributed by atoms with van der Waals surface area (Å²) < 4.78 is 33.4. The highest BCUT2D eigenvalue weighted by molar-refractivity contribution is 7.92. The summed E-state index contributed by atoms with van der Waals surface area (Å²) in [5.41, 5.74) is 0.727. The number of hydrogen-bond acceptors (Lipinski definition) is 5. The van der Waals surface area contributed by atoms with Crippen molar-refractivity contribution in [3.8, 4) is 5.75 Å². The van der Waals surface area contributed by atoms with Crippen LogP contribution in [0.1, 0.15) is 56.3 Å². The van der Waals surface area contributed by atoms with E-state index in [1.54, 1.807) is 25.1 Å². The maximum Gasteiger partial charge on any atom is 0.261 e. The first-order valence-corrected chi connectivity index (χ1v) is 11.9. The molecule has 166 valence electrons. The maximum atomic E-state index is 12.6. The first kappa shape index (κ1) is 22.8. The largest absolute Gasteiger partial charge is 0.481 e. The second-order valence-electron chi connectivity index (χ2n) is 7.82. The molecule has 1 aliphatic rings. The SMILES string of the molecule is CC(=O)c1cccc(NS(=O)(=O)c2ccc(O[C@@H](C)C(=O)NC3CCCCC3)cc2)c1. The van der Waals surface area contributed by atoms with Crippen LogP contribution < -0.4 is 14.8 Å². The van der Waals surface area contributed by atoms with E-state index in [-0.39, 0.29) is 22.6 Å². The number of Topliss-reactive ketones (excluding diaryl/α,β-unsaturated/α-hetero) is 1. The average Bonchev–Trinajstić information content (AvgIpc) is 2.74. The molecule has 0 heterocycles. The number of nitrogens with one attached hydrogen (secondary N) is 2. The van der Waals surface area contributed by atoms with Crippen molar-refractivity contribution in [1.29, 1.82) is 0 Å². The van der Waals surface area contributed by atoms with Crippen molar-refractivity contribution >= 4 is 27.4 Å². The molecule has 0 spiro atoms. The Morgan fingerprint density at radius 1 is 1.03 bits per heavy atom. The molecule has 1 saturated carbocycles. The molecule has 31 heavy (non-hydrogen) atoms. The van der Waals surface area contributed by atoms with E-state index in [0.717, 1.165) is 25.7 Å². The van der Waals surface area contributed by atoms with Gasteiger partial charge in [-0.25, -0.2) is 8.42 Å². The minimum atomic E-state index is -3.83. The molecule has 7 nitrogen and oxygen atoms in total. The molecule has 1 fully saturated rings. The van der Waals surface area contributed by atoms with Crippen LogP contribution in [0.2, 0.25) is 0 Å². The van der Waals surface area contributed by atoms with E-state index in [1.807, 2.05) is 0 Å². The molecule has 0 unspecified atom stereocenters. The van der Waals surface area contributed by atoms with Gasteiger partial charge >= 0.3 is 0 Å². The average molecular weight is 445 g/mol. The van der Waals surface area contributed by atoms with Crippen LogP contribution in [-0.2, 0) is 14.8 Å². The maximum absolute atomic E-state index is 12.6. The lowest BCUT2D eigenvalue weighted by Crippen LogP contribution is -2.43. The van der Waals surface area contributed by atoms with Gasteiger partial charge in [0, 0.05) is 17.3 Å². The lowest BCUT2D eigenvalue weighted by atomic mass is 9.95. The van der Waals surface area contributed by atoms with Crippen molar-refractivity contribution in [3.05, 3.63) is 54.1 Å². The molecule has 0 aromatic heterocycles. The van der Waals surface area contributed by atoms with Crippen LogP contribution in [0.15, 0.2) is 53.4 Å². The molecule has 2 aromatic carbocycles. The molecule has 0 radical (unpaired) electrons. The quantitative estimate of drug-likeness (QED) is 0.601. The summed E-state index contributed by atoms with van der Waals surface area (Å²) in [7, 11) is -3.83. The van der Waals surface area contributed by atoms with E-state index in [4.69, 9.17) is 4.74 Å². The number of anilines is 1. The van der Waals surface area contributed by atoms with Crippen molar-refractivity contribution < 1.29 is 22.7 Å².